The molecule has 0 spiro atoms. The van der Waals surface area contributed by atoms with Crippen LogP contribution in [-0.2, 0) is 6.54 Å². The van der Waals surface area contributed by atoms with Crippen LogP contribution in [0.2, 0.25) is 0 Å². The van der Waals surface area contributed by atoms with Gasteiger partial charge in [0.15, 0.2) is 0 Å². The molecule has 1 aromatic heterocycles. The highest BCUT2D eigenvalue weighted by Crippen LogP contribution is 2.30. The molecule has 5 heteroatoms. The van der Waals surface area contributed by atoms with Gasteiger partial charge < -0.3 is 10.2 Å². The number of hydrogen-bond donors (Lipinski definition) is 1. The highest BCUT2D eigenvalue weighted by atomic mass is 35.5. The second kappa shape index (κ2) is 7.45. The van der Waals surface area contributed by atoms with Crippen LogP contribution in [-0.4, -0.2) is 17.6 Å². The largest absolute Gasteiger partial charge is 0.381 e. The molecule has 1 fully saturated rings. The predicted octanol–water partition coefficient (Wildman–Crippen LogP) is 4.24. The standard InChI is InChI=1S/C17H20FN3.ClH/c1-2-21(16-8-9-16)17-10-3-13(12-20-17)11-19-15-6-4-14(18)5-7-15;/h3-7,10,12,16,19H,2,8-9,11H2,1H3;1H. The van der Waals surface area contributed by atoms with Crippen molar-refractivity contribution in [3.05, 3.63) is 54.0 Å². The van der Waals surface area contributed by atoms with Gasteiger partial charge >= 0.3 is 0 Å². The third kappa shape index (κ3) is 4.10. The number of nitrogens with zero attached hydrogens (tertiary/aromatic N) is 2. The number of anilines is 2. The third-order valence-corrected chi connectivity index (χ3v) is 3.77. The Hall–Kier alpha value is -1.81. The van der Waals surface area contributed by atoms with E-state index in [1.807, 2.05) is 6.20 Å². The molecule has 1 saturated carbocycles. The highest BCUT2D eigenvalue weighted by Gasteiger charge is 2.28. The Morgan fingerprint density at radius 3 is 2.45 bits per heavy atom. The number of hydrogen-bond acceptors (Lipinski definition) is 3. The predicted molar refractivity (Wildman–Crippen MR) is 91.3 cm³/mol. The van der Waals surface area contributed by atoms with Crippen LogP contribution in [0.3, 0.4) is 0 Å². The van der Waals surface area contributed by atoms with Crippen molar-refractivity contribution < 1.29 is 4.39 Å². The van der Waals surface area contributed by atoms with Crippen molar-refractivity contribution in [3.63, 3.8) is 0 Å². The summed E-state index contributed by atoms with van der Waals surface area (Å²) in [6.07, 6.45) is 4.48. The molecule has 118 valence electrons. The molecule has 22 heavy (non-hydrogen) atoms. The molecule has 1 N–H and O–H groups in total. The summed E-state index contributed by atoms with van der Waals surface area (Å²) in [6.45, 7) is 3.86. The molecule has 0 radical (unpaired) electrons. The molecule has 0 unspecified atom stereocenters. The Balaban J connectivity index is 0.00000176. The Morgan fingerprint density at radius 1 is 1.18 bits per heavy atom. The van der Waals surface area contributed by atoms with E-state index in [1.165, 1.54) is 25.0 Å². The zero-order valence-electron chi connectivity index (χ0n) is 12.6. The Bertz CT molecular complexity index is 582. The second-order valence-corrected chi connectivity index (χ2v) is 5.40. The minimum absolute atomic E-state index is 0. The van der Waals surface area contributed by atoms with Gasteiger partial charge in [-0.2, -0.15) is 0 Å². The number of halogens is 2. The Morgan fingerprint density at radius 2 is 1.91 bits per heavy atom. The van der Waals surface area contributed by atoms with Gasteiger partial charge in [-0.25, -0.2) is 9.37 Å². The summed E-state index contributed by atoms with van der Waals surface area (Å²) in [4.78, 5) is 6.92. The maximum absolute atomic E-state index is 12.8. The third-order valence-electron chi connectivity index (χ3n) is 3.77. The molecule has 0 amide bonds. The number of nitrogens with one attached hydrogen (secondary N) is 1. The van der Waals surface area contributed by atoms with Gasteiger partial charge in [0, 0.05) is 31.0 Å². The lowest BCUT2D eigenvalue weighted by Gasteiger charge is -2.21. The molecule has 3 nitrogen and oxygen atoms in total. The fourth-order valence-electron chi connectivity index (χ4n) is 2.46. The molecule has 0 bridgehead atoms. The second-order valence-electron chi connectivity index (χ2n) is 5.40. The average Bonchev–Trinajstić information content (AvgIpc) is 3.34. The topological polar surface area (TPSA) is 28.2 Å². The lowest BCUT2D eigenvalue weighted by molar-refractivity contribution is 0.628. The van der Waals surface area contributed by atoms with Gasteiger partial charge in [0.1, 0.15) is 11.6 Å². The number of benzene rings is 1. The summed E-state index contributed by atoms with van der Waals surface area (Å²) >= 11 is 0. The van der Waals surface area contributed by atoms with Crippen LogP contribution in [0.5, 0.6) is 0 Å². The van der Waals surface area contributed by atoms with Crippen LogP contribution in [0.15, 0.2) is 42.6 Å². The maximum Gasteiger partial charge on any atom is 0.128 e. The Kier molecular flexibility index (Phi) is 5.61. The van der Waals surface area contributed by atoms with Crippen LogP contribution >= 0.6 is 12.4 Å². The van der Waals surface area contributed by atoms with Crippen molar-refractivity contribution in [2.24, 2.45) is 0 Å². The molecule has 0 atom stereocenters. The van der Waals surface area contributed by atoms with Gasteiger partial charge in [0.05, 0.1) is 0 Å². The van der Waals surface area contributed by atoms with Gasteiger partial charge in [0.25, 0.3) is 0 Å². The fourth-order valence-corrected chi connectivity index (χ4v) is 2.46. The fraction of sp³-hybridized carbons (Fsp3) is 0.353. The lowest BCUT2D eigenvalue weighted by Crippen LogP contribution is -2.25. The van der Waals surface area contributed by atoms with Crippen molar-refractivity contribution in [2.75, 3.05) is 16.8 Å². The first kappa shape index (κ1) is 16.6. The minimum atomic E-state index is -0.216. The molecule has 0 saturated heterocycles. The molecule has 1 aliphatic carbocycles. The van der Waals surface area contributed by atoms with E-state index in [-0.39, 0.29) is 18.2 Å². The Labute approximate surface area is 137 Å². The van der Waals surface area contributed by atoms with Crippen LogP contribution < -0.4 is 10.2 Å². The molecular weight excluding hydrogens is 301 g/mol. The van der Waals surface area contributed by atoms with E-state index >= 15 is 0 Å². The molecule has 1 heterocycles. The van der Waals surface area contributed by atoms with Crippen LogP contribution in [0.25, 0.3) is 0 Å². The summed E-state index contributed by atoms with van der Waals surface area (Å²) in [5.74, 6) is 0.844. The summed E-state index contributed by atoms with van der Waals surface area (Å²) in [7, 11) is 0. The van der Waals surface area contributed by atoms with Crippen molar-refractivity contribution in [1.82, 2.24) is 4.98 Å². The van der Waals surface area contributed by atoms with Gasteiger partial charge in [0.2, 0.25) is 0 Å². The number of rotatable bonds is 6. The lowest BCUT2D eigenvalue weighted by atomic mass is 10.2. The summed E-state index contributed by atoms with van der Waals surface area (Å²) < 4.78 is 12.8. The van der Waals surface area contributed by atoms with Gasteiger partial charge in [-0.05, 0) is 55.7 Å². The summed E-state index contributed by atoms with van der Waals surface area (Å²) in [5, 5.41) is 3.27. The first-order valence-corrected chi connectivity index (χ1v) is 7.47. The van der Waals surface area contributed by atoms with Gasteiger partial charge in [-0.1, -0.05) is 6.07 Å². The normalized spacial score (nSPS) is 13.4. The van der Waals surface area contributed by atoms with E-state index in [9.17, 15) is 4.39 Å². The highest BCUT2D eigenvalue weighted by molar-refractivity contribution is 5.85. The quantitative estimate of drug-likeness (QED) is 0.862. The molecule has 1 aliphatic rings. The van der Waals surface area contributed by atoms with Crippen molar-refractivity contribution >= 4 is 23.9 Å². The molecule has 1 aromatic carbocycles. The van der Waals surface area contributed by atoms with E-state index in [0.717, 1.165) is 23.6 Å². The van der Waals surface area contributed by atoms with Crippen molar-refractivity contribution in [3.8, 4) is 0 Å². The SMILES string of the molecule is CCN(c1ccc(CNc2ccc(F)cc2)cn1)C1CC1.Cl. The first-order valence-electron chi connectivity index (χ1n) is 7.47. The smallest absolute Gasteiger partial charge is 0.128 e. The first-order chi connectivity index (χ1) is 10.3. The average molecular weight is 322 g/mol. The zero-order chi connectivity index (χ0) is 14.7. The molecular formula is C17H21ClFN3. The monoisotopic (exact) mass is 321 g/mol. The molecule has 0 aliphatic heterocycles. The minimum Gasteiger partial charge on any atom is -0.381 e. The van der Waals surface area contributed by atoms with E-state index in [0.29, 0.717) is 12.6 Å². The summed E-state index contributed by atoms with van der Waals surface area (Å²) in [6, 6.07) is 11.3. The van der Waals surface area contributed by atoms with E-state index in [2.05, 4.69) is 34.3 Å². The van der Waals surface area contributed by atoms with Crippen LogP contribution in [0.1, 0.15) is 25.3 Å². The van der Waals surface area contributed by atoms with E-state index in [1.54, 1.807) is 12.1 Å². The molecule has 3 rings (SSSR count). The van der Waals surface area contributed by atoms with Gasteiger partial charge in [-0.15, -0.1) is 12.4 Å². The van der Waals surface area contributed by atoms with E-state index < -0.39 is 0 Å². The van der Waals surface area contributed by atoms with Gasteiger partial charge in [-0.3, -0.25) is 0 Å². The number of pyridine rings is 1. The van der Waals surface area contributed by atoms with Crippen LogP contribution in [0, 0.1) is 5.82 Å². The maximum atomic E-state index is 12.8. The number of aromatic nitrogens is 1. The molecule has 2 aromatic rings. The zero-order valence-corrected chi connectivity index (χ0v) is 13.4. The van der Waals surface area contributed by atoms with Crippen LogP contribution in [0.4, 0.5) is 15.9 Å². The summed E-state index contributed by atoms with van der Waals surface area (Å²) in [5.41, 5.74) is 2.03. The van der Waals surface area contributed by atoms with Crippen molar-refractivity contribution in [2.45, 2.75) is 32.4 Å². The van der Waals surface area contributed by atoms with E-state index in [4.69, 9.17) is 0 Å². The van der Waals surface area contributed by atoms with Crippen molar-refractivity contribution in [1.29, 1.82) is 0 Å².